The van der Waals surface area contributed by atoms with E-state index in [-0.39, 0.29) is 10.9 Å². The Morgan fingerprint density at radius 2 is 1.92 bits per heavy atom. The van der Waals surface area contributed by atoms with E-state index in [1.165, 1.54) is 18.0 Å². The minimum absolute atomic E-state index is 0.0218. The Balaban J connectivity index is 1.46. The average Bonchev–Trinajstić information content (AvgIpc) is 2.66. The highest BCUT2D eigenvalue weighted by Gasteiger charge is 2.11. The van der Waals surface area contributed by atoms with Crippen molar-refractivity contribution in [1.29, 1.82) is 0 Å². The number of para-hydroxylation sites is 2. The SMILES string of the molecule is O=C(COC(=O)CSc1cnc2ccccc2n1)Nc1cccnc1Cl. The van der Waals surface area contributed by atoms with Gasteiger partial charge in [-0.2, -0.15) is 0 Å². The molecule has 2 heterocycles. The first-order valence-electron chi connectivity index (χ1n) is 7.52. The molecular formula is C17H13ClN4O3S. The van der Waals surface area contributed by atoms with Crippen LogP contribution in [0.25, 0.3) is 11.0 Å². The van der Waals surface area contributed by atoms with E-state index in [1.807, 2.05) is 24.3 Å². The summed E-state index contributed by atoms with van der Waals surface area (Å²) in [5, 5.41) is 3.29. The normalized spacial score (nSPS) is 10.5. The van der Waals surface area contributed by atoms with Gasteiger partial charge in [0.2, 0.25) is 0 Å². The second kappa shape index (κ2) is 8.59. The number of ether oxygens (including phenoxy) is 1. The van der Waals surface area contributed by atoms with E-state index in [9.17, 15) is 9.59 Å². The summed E-state index contributed by atoms with van der Waals surface area (Å²) in [7, 11) is 0. The van der Waals surface area contributed by atoms with Crippen molar-refractivity contribution in [3.05, 3.63) is 53.9 Å². The molecule has 0 aliphatic heterocycles. The van der Waals surface area contributed by atoms with Gasteiger partial charge in [-0.25, -0.2) is 9.97 Å². The largest absolute Gasteiger partial charge is 0.455 e. The summed E-state index contributed by atoms with van der Waals surface area (Å²) >= 11 is 7.03. The van der Waals surface area contributed by atoms with Crippen molar-refractivity contribution < 1.29 is 14.3 Å². The standard InChI is InChI=1S/C17H13ClN4O3S/c18-17-13(6-3-7-19-17)21-14(23)9-25-16(24)10-26-15-8-20-11-4-1-2-5-12(11)22-15/h1-8H,9-10H2,(H,21,23). The van der Waals surface area contributed by atoms with E-state index < -0.39 is 18.5 Å². The maximum absolute atomic E-state index is 11.8. The molecule has 1 N–H and O–H groups in total. The first-order valence-corrected chi connectivity index (χ1v) is 8.89. The fraction of sp³-hybridized carbons (Fsp3) is 0.118. The molecular weight excluding hydrogens is 376 g/mol. The molecule has 0 aliphatic carbocycles. The van der Waals surface area contributed by atoms with Gasteiger partial charge in [-0.3, -0.25) is 14.6 Å². The van der Waals surface area contributed by atoms with Crippen LogP contribution in [0.5, 0.6) is 0 Å². The van der Waals surface area contributed by atoms with Crippen LogP contribution in [-0.2, 0) is 14.3 Å². The Bertz CT molecular complexity index is 954. The minimum Gasteiger partial charge on any atom is -0.455 e. The van der Waals surface area contributed by atoms with Crippen molar-refractivity contribution in [1.82, 2.24) is 15.0 Å². The van der Waals surface area contributed by atoms with E-state index in [1.54, 1.807) is 18.3 Å². The van der Waals surface area contributed by atoms with Gasteiger partial charge in [-0.1, -0.05) is 35.5 Å². The van der Waals surface area contributed by atoms with Gasteiger partial charge in [0.25, 0.3) is 5.91 Å². The van der Waals surface area contributed by atoms with Gasteiger partial charge < -0.3 is 10.1 Å². The first-order chi connectivity index (χ1) is 12.6. The number of carbonyl (C=O) groups is 2. The van der Waals surface area contributed by atoms with Crippen LogP contribution in [0.4, 0.5) is 5.69 Å². The van der Waals surface area contributed by atoms with E-state index in [0.29, 0.717) is 10.7 Å². The quantitative estimate of drug-likeness (QED) is 0.394. The summed E-state index contributed by atoms with van der Waals surface area (Å²) in [4.78, 5) is 36.1. The number of fused-ring (bicyclic) bond motifs is 1. The third kappa shape index (κ3) is 4.90. The van der Waals surface area contributed by atoms with Crippen LogP contribution in [0.3, 0.4) is 0 Å². The molecule has 0 spiro atoms. The van der Waals surface area contributed by atoms with E-state index in [0.717, 1.165) is 11.0 Å². The number of thioether (sulfide) groups is 1. The predicted octanol–water partition coefficient (Wildman–Crippen LogP) is 2.95. The van der Waals surface area contributed by atoms with E-state index in [4.69, 9.17) is 16.3 Å². The number of nitrogens with zero attached hydrogens (tertiary/aromatic N) is 3. The van der Waals surface area contributed by atoms with Gasteiger partial charge in [0, 0.05) is 6.20 Å². The molecule has 0 bridgehead atoms. The lowest BCUT2D eigenvalue weighted by Crippen LogP contribution is -2.21. The van der Waals surface area contributed by atoms with Crippen molar-refractivity contribution in [2.45, 2.75) is 5.03 Å². The molecule has 1 amide bonds. The molecule has 0 radical (unpaired) electrons. The topological polar surface area (TPSA) is 94.1 Å². The number of anilines is 1. The highest BCUT2D eigenvalue weighted by molar-refractivity contribution is 7.99. The molecule has 3 aromatic rings. The number of amides is 1. The summed E-state index contributed by atoms with van der Waals surface area (Å²) < 4.78 is 4.94. The summed E-state index contributed by atoms with van der Waals surface area (Å²) in [6, 6.07) is 10.7. The number of esters is 1. The fourth-order valence-corrected chi connectivity index (χ4v) is 2.80. The molecule has 3 rings (SSSR count). The zero-order chi connectivity index (χ0) is 18.4. The molecule has 0 saturated heterocycles. The van der Waals surface area contributed by atoms with Crippen molar-refractivity contribution in [2.24, 2.45) is 0 Å². The molecule has 9 heteroatoms. The number of carbonyl (C=O) groups excluding carboxylic acids is 2. The first kappa shape index (κ1) is 18.1. The molecule has 1 aromatic carbocycles. The summed E-state index contributed by atoms with van der Waals surface area (Å²) in [6.07, 6.45) is 3.10. The molecule has 2 aromatic heterocycles. The lowest BCUT2D eigenvalue weighted by atomic mass is 10.3. The van der Waals surface area contributed by atoms with Crippen LogP contribution in [0.1, 0.15) is 0 Å². The summed E-state index contributed by atoms with van der Waals surface area (Å²) in [5.74, 6) is -1.00. The zero-order valence-corrected chi connectivity index (χ0v) is 15.0. The smallest absolute Gasteiger partial charge is 0.316 e. The van der Waals surface area contributed by atoms with E-state index >= 15 is 0 Å². The van der Waals surface area contributed by atoms with Gasteiger partial charge >= 0.3 is 5.97 Å². The second-order valence-corrected chi connectivity index (χ2v) is 6.39. The van der Waals surface area contributed by atoms with E-state index in [2.05, 4.69) is 20.3 Å². The minimum atomic E-state index is -0.530. The van der Waals surface area contributed by atoms with Gasteiger partial charge in [-0.15, -0.1) is 0 Å². The third-order valence-corrected chi connectivity index (χ3v) is 4.34. The monoisotopic (exact) mass is 388 g/mol. The number of benzene rings is 1. The molecule has 0 aliphatic rings. The molecule has 26 heavy (non-hydrogen) atoms. The maximum Gasteiger partial charge on any atom is 0.316 e. The van der Waals surface area contributed by atoms with Crippen LogP contribution in [0.15, 0.2) is 53.8 Å². The number of hydrogen-bond donors (Lipinski definition) is 1. The van der Waals surface area contributed by atoms with Crippen LogP contribution < -0.4 is 5.32 Å². The van der Waals surface area contributed by atoms with Gasteiger partial charge in [0.1, 0.15) is 5.03 Å². The fourth-order valence-electron chi connectivity index (χ4n) is 2.00. The Kier molecular flexibility index (Phi) is 5.98. The Labute approximate surface area is 158 Å². The average molecular weight is 389 g/mol. The highest BCUT2D eigenvalue weighted by Crippen LogP contribution is 2.18. The van der Waals surface area contributed by atoms with Crippen molar-refractivity contribution >= 4 is 52.0 Å². The molecule has 7 nitrogen and oxygen atoms in total. The maximum atomic E-state index is 11.8. The van der Waals surface area contributed by atoms with Crippen LogP contribution >= 0.6 is 23.4 Å². The highest BCUT2D eigenvalue weighted by atomic mass is 35.5. The second-order valence-electron chi connectivity index (χ2n) is 5.04. The summed E-state index contributed by atoms with van der Waals surface area (Å²) in [5.41, 5.74) is 1.89. The lowest BCUT2D eigenvalue weighted by molar-refractivity contribution is -0.144. The van der Waals surface area contributed by atoms with Crippen molar-refractivity contribution in [2.75, 3.05) is 17.7 Å². The number of nitrogens with one attached hydrogen (secondary N) is 1. The third-order valence-electron chi connectivity index (χ3n) is 3.16. The van der Waals surface area contributed by atoms with Crippen molar-refractivity contribution in [3.63, 3.8) is 0 Å². The number of rotatable bonds is 6. The zero-order valence-electron chi connectivity index (χ0n) is 13.4. The van der Waals surface area contributed by atoms with Crippen LogP contribution in [0.2, 0.25) is 5.15 Å². The molecule has 0 atom stereocenters. The lowest BCUT2D eigenvalue weighted by Gasteiger charge is -2.07. The van der Waals surface area contributed by atoms with Gasteiger partial charge in [0.15, 0.2) is 11.8 Å². The molecule has 0 unspecified atom stereocenters. The Morgan fingerprint density at radius 3 is 2.73 bits per heavy atom. The van der Waals surface area contributed by atoms with Gasteiger partial charge in [0.05, 0.1) is 28.7 Å². The summed E-state index contributed by atoms with van der Waals surface area (Å²) in [6.45, 7) is -0.409. The van der Waals surface area contributed by atoms with Gasteiger partial charge in [-0.05, 0) is 24.3 Å². The number of pyridine rings is 1. The van der Waals surface area contributed by atoms with Crippen LogP contribution in [-0.4, -0.2) is 39.2 Å². The van der Waals surface area contributed by atoms with Crippen LogP contribution in [0, 0.1) is 0 Å². The molecule has 0 fully saturated rings. The Morgan fingerprint density at radius 1 is 1.12 bits per heavy atom. The molecule has 132 valence electrons. The number of halogens is 1. The number of aromatic nitrogens is 3. The Hall–Kier alpha value is -2.71. The predicted molar refractivity (Wildman–Crippen MR) is 99.1 cm³/mol. The molecule has 0 saturated carbocycles. The number of hydrogen-bond acceptors (Lipinski definition) is 7. The van der Waals surface area contributed by atoms with Crippen molar-refractivity contribution in [3.8, 4) is 0 Å².